The van der Waals surface area contributed by atoms with Gasteiger partial charge in [0.15, 0.2) is 5.78 Å². The summed E-state index contributed by atoms with van der Waals surface area (Å²) in [5.41, 5.74) is 1.51. The van der Waals surface area contributed by atoms with Gasteiger partial charge in [-0.2, -0.15) is 0 Å². The summed E-state index contributed by atoms with van der Waals surface area (Å²) >= 11 is 0. The molecule has 1 aromatic carbocycles. The Labute approximate surface area is 125 Å². The lowest BCUT2D eigenvalue weighted by Crippen LogP contribution is -2.27. The molecule has 5 heteroatoms. The summed E-state index contributed by atoms with van der Waals surface area (Å²) < 4.78 is 15.9. The number of carbonyl (C=O) groups excluding carboxylic acids is 1. The Morgan fingerprint density at radius 1 is 1.29 bits per heavy atom. The summed E-state index contributed by atoms with van der Waals surface area (Å²) in [5.74, 6) is 0.675. The van der Waals surface area contributed by atoms with E-state index in [0.717, 1.165) is 5.56 Å². The number of aryl methyl sites for hydroxylation is 1. The molecule has 5 nitrogen and oxygen atoms in total. The number of methoxy groups -OCH3 is 1. The molecule has 0 spiro atoms. The van der Waals surface area contributed by atoms with Crippen LogP contribution in [0, 0.1) is 6.92 Å². The van der Waals surface area contributed by atoms with Crippen LogP contribution in [-0.4, -0.2) is 50.0 Å². The molecule has 0 bridgehead atoms. The summed E-state index contributed by atoms with van der Waals surface area (Å²) in [6, 6.07) is 5.24. The number of rotatable bonds is 9. The normalized spacial score (nSPS) is 13.8. The van der Waals surface area contributed by atoms with Gasteiger partial charge in [-0.1, -0.05) is 0 Å². The van der Waals surface area contributed by atoms with Gasteiger partial charge < -0.3 is 19.3 Å². The lowest BCUT2D eigenvalue weighted by molar-refractivity contribution is -0.0423. The Morgan fingerprint density at radius 2 is 2.00 bits per heavy atom. The van der Waals surface area contributed by atoms with Gasteiger partial charge in [0.05, 0.1) is 19.3 Å². The smallest absolute Gasteiger partial charge is 0.159 e. The van der Waals surface area contributed by atoms with Gasteiger partial charge in [0.25, 0.3) is 0 Å². The Balaban J connectivity index is 2.42. The highest BCUT2D eigenvalue weighted by atomic mass is 16.5. The van der Waals surface area contributed by atoms with Crippen molar-refractivity contribution >= 4 is 5.78 Å². The molecule has 0 aromatic heterocycles. The molecular formula is C16H24O5. The van der Waals surface area contributed by atoms with Crippen LogP contribution in [0.5, 0.6) is 5.75 Å². The number of hydrogen-bond donors (Lipinski definition) is 1. The van der Waals surface area contributed by atoms with Crippen molar-refractivity contribution in [3.05, 3.63) is 29.3 Å². The van der Waals surface area contributed by atoms with Gasteiger partial charge in [-0.25, -0.2) is 0 Å². The van der Waals surface area contributed by atoms with Gasteiger partial charge >= 0.3 is 0 Å². The molecule has 2 atom stereocenters. The Bertz CT molecular complexity index is 458. The van der Waals surface area contributed by atoms with Crippen molar-refractivity contribution in [2.45, 2.75) is 33.0 Å². The molecule has 0 radical (unpaired) electrons. The van der Waals surface area contributed by atoms with Crippen molar-refractivity contribution in [3.63, 3.8) is 0 Å². The molecular weight excluding hydrogens is 272 g/mol. The summed E-state index contributed by atoms with van der Waals surface area (Å²) in [6.07, 6.45) is -0.780. The van der Waals surface area contributed by atoms with Crippen molar-refractivity contribution < 1.29 is 24.1 Å². The molecule has 118 valence electrons. The van der Waals surface area contributed by atoms with Crippen LogP contribution in [0.1, 0.15) is 29.8 Å². The molecule has 0 aliphatic carbocycles. The minimum atomic E-state index is -0.712. The fourth-order valence-electron chi connectivity index (χ4n) is 1.82. The zero-order chi connectivity index (χ0) is 15.8. The number of hydrogen-bond acceptors (Lipinski definition) is 5. The van der Waals surface area contributed by atoms with Crippen molar-refractivity contribution in [2.75, 3.05) is 26.9 Å². The molecule has 0 saturated carbocycles. The zero-order valence-corrected chi connectivity index (χ0v) is 13.1. The maximum Gasteiger partial charge on any atom is 0.159 e. The fourth-order valence-corrected chi connectivity index (χ4v) is 1.82. The second-order valence-electron chi connectivity index (χ2n) is 5.10. The Morgan fingerprint density at radius 3 is 2.57 bits per heavy atom. The van der Waals surface area contributed by atoms with Crippen LogP contribution in [0.25, 0.3) is 0 Å². The molecule has 0 heterocycles. The van der Waals surface area contributed by atoms with Crippen LogP contribution in [0.15, 0.2) is 18.2 Å². The average Bonchev–Trinajstić information content (AvgIpc) is 2.44. The minimum Gasteiger partial charge on any atom is -0.491 e. The van der Waals surface area contributed by atoms with E-state index in [1.165, 1.54) is 6.92 Å². The predicted molar refractivity (Wildman–Crippen MR) is 80.0 cm³/mol. The topological polar surface area (TPSA) is 65.0 Å². The SMILES string of the molecule is COCC(C)OCC(O)COc1ccc(C(C)=O)cc1C. The molecule has 1 rings (SSSR count). The number of Topliss-reactive ketones (excluding diaryl/α,β-unsaturated/α-hetero) is 1. The number of aliphatic hydroxyl groups excluding tert-OH is 1. The number of ether oxygens (including phenoxy) is 3. The molecule has 0 aliphatic heterocycles. The van der Waals surface area contributed by atoms with Gasteiger partial charge in [-0.3, -0.25) is 4.79 Å². The van der Waals surface area contributed by atoms with Crippen molar-refractivity contribution in [2.24, 2.45) is 0 Å². The molecule has 21 heavy (non-hydrogen) atoms. The molecule has 0 amide bonds. The first-order valence-electron chi connectivity index (χ1n) is 6.97. The molecule has 1 N–H and O–H groups in total. The first kappa shape index (κ1) is 17.6. The van der Waals surface area contributed by atoms with Crippen LogP contribution in [0.3, 0.4) is 0 Å². The maximum atomic E-state index is 11.3. The third-order valence-electron chi connectivity index (χ3n) is 2.99. The van der Waals surface area contributed by atoms with Crippen molar-refractivity contribution in [1.29, 1.82) is 0 Å². The van der Waals surface area contributed by atoms with Crippen molar-refractivity contribution in [3.8, 4) is 5.75 Å². The van der Waals surface area contributed by atoms with Crippen molar-refractivity contribution in [1.82, 2.24) is 0 Å². The molecule has 2 unspecified atom stereocenters. The Hall–Kier alpha value is -1.43. The second-order valence-corrected chi connectivity index (χ2v) is 5.10. The van der Waals surface area contributed by atoms with Gasteiger partial charge in [0.2, 0.25) is 0 Å². The quantitative estimate of drug-likeness (QED) is 0.706. The lowest BCUT2D eigenvalue weighted by atomic mass is 10.1. The average molecular weight is 296 g/mol. The van der Waals surface area contributed by atoms with E-state index in [1.807, 2.05) is 13.8 Å². The molecule has 0 fully saturated rings. The number of carbonyl (C=O) groups is 1. The highest BCUT2D eigenvalue weighted by molar-refractivity contribution is 5.94. The van der Waals surface area contributed by atoms with E-state index in [-0.39, 0.29) is 25.1 Å². The number of aliphatic hydroxyl groups is 1. The highest BCUT2D eigenvalue weighted by Gasteiger charge is 2.10. The zero-order valence-electron chi connectivity index (χ0n) is 13.1. The summed E-state index contributed by atoms with van der Waals surface area (Å²) in [4.78, 5) is 11.3. The summed E-state index contributed by atoms with van der Waals surface area (Å²) in [5, 5.41) is 9.82. The van der Waals surface area contributed by atoms with Gasteiger partial charge in [0, 0.05) is 12.7 Å². The molecule has 0 aliphatic rings. The van der Waals surface area contributed by atoms with Gasteiger partial charge in [0.1, 0.15) is 18.5 Å². The van der Waals surface area contributed by atoms with E-state index >= 15 is 0 Å². The van der Waals surface area contributed by atoms with Crippen LogP contribution >= 0.6 is 0 Å². The second kappa shape index (κ2) is 8.77. The summed E-state index contributed by atoms with van der Waals surface area (Å²) in [7, 11) is 1.60. The van der Waals surface area contributed by atoms with Gasteiger partial charge in [-0.15, -0.1) is 0 Å². The fraction of sp³-hybridized carbons (Fsp3) is 0.562. The first-order valence-corrected chi connectivity index (χ1v) is 6.97. The summed E-state index contributed by atoms with van der Waals surface area (Å²) in [6.45, 7) is 6.08. The highest BCUT2D eigenvalue weighted by Crippen LogP contribution is 2.19. The lowest BCUT2D eigenvalue weighted by Gasteiger charge is -2.17. The van der Waals surface area contributed by atoms with Gasteiger partial charge in [-0.05, 0) is 44.5 Å². The van der Waals surface area contributed by atoms with E-state index in [9.17, 15) is 9.90 Å². The largest absolute Gasteiger partial charge is 0.491 e. The number of ketones is 1. The first-order chi connectivity index (χ1) is 9.93. The van der Waals surface area contributed by atoms with E-state index in [2.05, 4.69) is 0 Å². The van der Waals surface area contributed by atoms with Crippen LogP contribution in [0.2, 0.25) is 0 Å². The third-order valence-corrected chi connectivity index (χ3v) is 2.99. The van der Waals surface area contributed by atoms with Crippen LogP contribution in [-0.2, 0) is 9.47 Å². The number of benzene rings is 1. The predicted octanol–water partition coefficient (Wildman–Crippen LogP) is 1.99. The molecule has 0 saturated heterocycles. The van der Waals surface area contributed by atoms with E-state index < -0.39 is 6.10 Å². The monoisotopic (exact) mass is 296 g/mol. The minimum absolute atomic E-state index is 0.0187. The third kappa shape index (κ3) is 6.25. The van der Waals surface area contributed by atoms with Crippen LogP contribution < -0.4 is 4.74 Å². The van der Waals surface area contributed by atoms with E-state index in [4.69, 9.17) is 14.2 Å². The standard InChI is InChI=1S/C16H24O5/c1-11-7-14(13(3)17)5-6-16(11)21-10-15(18)9-20-12(2)8-19-4/h5-7,12,15,18H,8-10H2,1-4H3. The Kier molecular flexibility index (Phi) is 7.36. The van der Waals surface area contributed by atoms with Crippen LogP contribution in [0.4, 0.5) is 0 Å². The van der Waals surface area contributed by atoms with E-state index in [1.54, 1.807) is 25.3 Å². The van der Waals surface area contributed by atoms with E-state index in [0.29, 0.717) is 17.9 Å². The maximum absolute atomic E-state index is 11.3. The molecule has 1 aromatic rings.